The van der Waals surface area contributed by atoms with Crippen molar-refractivity contribution in [3.63, 3.8) is 0 Å². The number of benzene rings is 3. The Bertz CT molecular complexity index is 1340. The number of hydrogen-bond acceptors (Lipinski definition) is 2. The van der Waals surface area contributed by atoms with E-state index in [9.17, 15) is 18.0 Å². The van der Waals surface area contributed by atoms with Gasteiger partial charge in [-0.05, 0) is 66.9 Å². The zero-order valence-electron chi connectivity index (χ0n) is 19.4. The average Bonchev–Trinajstić information content (AvgIpc) is 2.84. The summed E-state index contributed by atoms with van der Waals surface area (Å²) in [7, 11) is 0. The highest BCUT2D eigenvalue weighted by atomic mass is 19.4. The van der Waals surface area contributed by atoms with Crippen LogP contribution in [0.3, 0.4) is 0 Å². The van der Waals surface area contributed by atoms with Crippen molar-refractivity contribution in [3.8, 4) is 0 Å². The molecule has 35 heavy (non-hydrogen) atoms. The van der Waals surface area contributed by atoms with Gasteiger partial charge in [-0.2, -0.15) is 13.2 Å². The number of carbonyl (C=O) groups is 1. The van der Waals surface area contributed by atoms with Crippen LogP contribution in [0, 0.1) is 13.8 Å². The molecule has 1 heterocycles. The van der Waals surface area contributed by atoms with Gasteiger partial charge in [-0.1, -0.05) is 60.2 Å². The number of halogens is 3. The van der Waals surface area contributed by atoms with E-state index in [1.54, 1.807) is 36.5 Å². The lowest BCUT2D eigenvalue weighted by Crippen LogP contribution is -2.49. The second-order valence-corrected chi connectivity index (χ2v) is 8.69. The molecule has 0 fully saturated rings. The largest absolute Gasteiger partial charge is 0.416 e. The summed E-state index contributed by atoms with van der Waals surface area (Å²) in [6.07, 6.45) is -2.71. The molecular formula is C29H25F3N2O. The molecule has 1 unspecified atom stereocenters. The maximum absolute atomic E-state index is 13.7. The van der Waals surface area contributed by atoms with Gasteiger partial charge in [0.05, 0.1) is 11.3 Å². The highest BCUT2D eigenvalue weighted by molar-refractivity contribution is 5.95. The van der Waals surface area contributed by atoms with Crippen LogP contribution in [0.15, 0.2) is 97.2 Å². The van der Waals surface area contributed by atoms with Crippen LogP contribution in [0.5, 0.6) is 0 Å². The first-order valence-corrected chi connectivity index (χ1v) is 11.2. The Morgan fingerprint density at radius 1 is 0.800 bits per heavy atom. The molecule has 0 aliphatic carbocycles. The molecule has 0 aliphatic rings. The summed E-state index contributed by atoms with van der Waals surface area (Å²) >= 11 is 0. The molecule has 0 aliphatic heterocycles. The van der Waals surface area contributed by atoms with E-state index in [2.05, 4.69) is 10.3 Å². The molecule has 0 spiro atoms. The summed E-state index contributed by atoms with van der Waals surface area (Å²) in [5.74, 6) is -0.398. The SMILES string of the molecule is Cc1cccc(C(=O)NC(Cc2ccccc2)(c2cccc(C(F)(F)F)c2)c2cc(C)ccn2)c1. The van der Waals surface area contributed by atoms with Crippen LogP contribution < -0.4 is 5.32 Å². The van der Waals surface area contributed by atoms with E-state index in [0.29, 0.717) is 16.8 Å². The monoisotopic (exact) mass is 474 g/mol. The van der Waals surface area contributed by atoms with Gasteiger partial charge in [-0.25, -0.2) is 0 Å². The maximum atomic E-state index is 13.7. The van der Waals surface area contributed by atoms with E-state index in [-0.39, 0.29) is 6.42 Å². The Hall–Kier alpha value is -3.93. The number of amides is 1. The number of alkyl halides is 3. The molecule has 0 saturated heterocycles. The quantitative estimate of drug-likeness (QED) is 0.341. The summed E-state index contributed by atoms with van der Waals surface area (Å²) in [6.45, 7) is 3.76. The molecule has 4 rings (SSSR count). The number of carbonyl (C=O) groups excluding carboxylic acids is 1. The average molecular weight is 475 g/mol. The molecule has 1 atom stereocenters. The Labute approximate surface area is 202 Å². The van der Waals surface area contributed by atoms with E-state index in [0.717, 1.165) is 28.8 Å². The Balaban J connectivity index is 1.96. The first-order valence-electron chi connectivity index (χ1n) is 11.2. The number of pyridine rings is 1. The van der Waals surface area contributed by atoms with Crippen molar-refractivity contribution in [1.29, 1.82) is 0 Å². The summed E-state index contributed by atoms with van der Waals surface area (Å²) in [5.41, 5.74) is 1.67. The van der Waals surface area contributed by atoms with Crippen molar-refractivity contribution in [2.75, 3.05) is 0 Å². The fourth-order valence-corrected chi connectivity index (χ4v) is 4.21. The number of nitrogens with zero attached hydrogens (tertiary/aromatic N) is 1. The van der Waals surface area contributed by atoms with Crippen LogP contribution in [-0.2, 0) is 18.1 Å². The first kappa shape index (κ1) is 24.2. The van der Waals surface area contributed by atoms with Gasteiger partial charge in [0, 0.05) is 18.2 Å². The molecule has 1 amide bonds. The third-order valence-electron chi connectivity index (χ3n) is 5.95. The number of hydrogen-bond donors (Lipinski definition) is 1. The van der Waals surface area contributed by atoms with Crippen molar-refractivity contribution in [1.82, 2.24) is 10.3 Å². The highest BCUT2D eigenvalue weighted by Crippen LogP contribution is 2.37. The van der Waals surface area contributed by atoms with Gasteiger partial charge in [0.15, 0.2) is 0 Å². The van der Waals surface area contributed by atoms with Gasteiger partial charge < -0.3 is 5.32 Å². The summed E-state index contributed by atoms with van der Waals surface area (Å²) in [4.78, 5) is 18.1. The summed E-state index contributed by atoms with van der Waals surface area (Å²) in [5, 5.41) is 3.09. The summed E-state index contributed by atoms with van der Waals surface area (Å²) in [6, 6.07) is 25.2. The minimum absolute atomic E-state index is 0.211. The lowest BCUT2D eigenvalue weighted by Gasteiger charge is -2.36. The minimum Gasteiger partial charge on any atom is -0.337 e. The number of nitrogens with one attached hydrogen (secondary N) is 1. The van der Waals surface area contributed by atoms with Crippen molar-refractivity contribution in [2.45, 2.75) is 32.0 Å². The lowest BCUT2D eigenvalue weighted by atomic mass is 9.79. The molecule has 1 N–H and O–H groups in total. The fraction of sp³-hybridized carbons (Fsp3) is 0.172. The predicted molar refractivity (Wildman–Crippen MR) is 130 cm³/mol. The molecule has 3 aromatic carbocycles. The van der Waals surface area contributed by atoms with E-state index in [4.69, 9.17) is 0 Å². The molecule has 6 heteroatoms. The first-order chi connectivity index (χ1) is 16.7. The predicted octanol–water partition coefficient (Wildman–Crippen LogP) is 6.63. The van der Waals surface area contributed by atoms with Gasteiger partial charge in [-0.3, -0.25) is 9.78 Å². The van der Waals surface area contributed by atoms with Crippen LogP contribution >= 0.6 is 0 Å². The van der Waals surface area contributed by atoms with Crippen molar-refractivity contribution in [3.05, 3.63) is 136 Å². The second kappa shape index (κ2) is 9.74. The van der Waals surface area contributed by atoms with Crippen LogP contribution in [0.4, 0.5) is 13.2 Å². The molecule has 0 saturated carbocycles. The van der Waals surface area contributed by atoms with Gasteiger partial charge >= 0.3 is 6.18 Å². The van der Waals surface area contributed by atoms with Crippen LogP contribution in [0.1, 0.15) is 43.9 Å². The maximum Gasteiger partial charge on any atom is 0.416 e. The Morgan fingerprint density at radius 3 is 2.17 bits per heavy atom. The van der Waals surface area contributed by atoms with E-state index >= 15 is 0 Å². The molecule has 178 valence electrons. The van der Waals surface area contributed by atoms with Gasteiger partial charge in [0.1, 0.15) is 5.54 Å². The molecule has 4 aromatic rings. The second-order valence-electron chi connectivity index (χ2n) is 8.69. The Morgan fingerprint density at radius 2 is 1.49 bits per heavy atom. The minimum atomic E-state index is -4.53. The van der Waals surface area contributed by atoms with Crippen molar-refractivity contribution in [2.24, 2.45) is 0 Å². The van der Waals surface area contributed by atoms with E-state index in [1.807, 2.05) is 56.3 Å². The Kier molecular flexibility index (Phi) is 6.74. The third-order valence-corrected chi connectivity index (χ3v) is 5.95. The van der Waals surface area contributed by atoms with Gasteiger partial charge in [0.25, 0.3) is 5.91 Å². The van der Waals surface area contributed by atoms with Crippen LogP contribution in [-0.4, -0.2) is 10.9 Å². The molecular weight excluding hydrogens is 449 g/mol. The summed E-state index contributed by atoms with van der Waals surface area (Å²) < 4.78 is 41.2. The zero-order valence-corrected chi connectivity index (χ0v) is 19.4. The van der Waals surface area contributed by atoms with Crippen molar-refractivity contribution >= 4 is 5.91 Å². The number of aryl methyl sites for hydroxylation is 2. The molecule has 1 aromatic heterocycles. The number of aromatic nitrogens is 1. The molecule has 0 radical (unpaired) electrons. The van der Waals surface area contributed by atoms with Crippen molar-refractivity contribution < 1.29 is 18.0 Å². The van der Waals surface area contributed by atoms with Crippen LogP contribution in [0.25, 0.3) is 0 Å². The standard InChI is InChI=1S/C29H25F3N2O/c1-20-8-6-11-23(16-20)27(35)34-28(19-22-9-4-3-5-10-22,26-17-21(2)14-15-33-26)24-12-7-13-25(18-24)29(30,31)32/h3-18H,19H2,1-2H3,(H,34,35). The topological polar surface area (TPSA) is 42.0 Å². The fourth-order valence-electron chi connectivity index (χ4n) is 4.21. The zero-order chi connectivity index (χ0) is 25.1. The van der Waals surface area contributed by atoms with E-state index < -0.39 is 23.2 Å². The third kappa shape index (κ3) is 5.43. The highest BCUT2D eigenvalue weighted by Gasteiger charge is 2.40. The van der Waals surface area contributed by atoms with Crippen LogP contribution in [0.2, 0.25) is 0 Å². The van der Waals surface area contributed by atoms with E-state index in [1.165, 1.54) is 6.07 Å². The lowest BCUT2D eigenvalue weighted by molar-refractivity contribution is -0.137. The molecule has 3 nitrogen and oxygen atoms in total. The van der Waals surface area contributed by atoms with Gasteiger partial charge in [-0.15, -0.1) is 0 Å². The van der Waals surface area contributed by atoms with Gasteiger partial charge in [0.2, 0.25) is 0 Å². The smallest absolute Gasteiger partial charge is 0.337 e. The molecule has 0 bridgehead atoms. The normalized spacial score (nSPS) is 13.2. The number of rotatable bonds is 6.